The molecule has 0 amide bonds. The van der Waals surface area contributed by atoms with Gasteiger partial charge in [-0.15, -0.1) is 11.6 Å². The lowest BCUT2D eigenvalue weighted by Crippen LogP contribution is -2.23. The fraction of sp³-hybridized carbons (Fsp3) is 0.375. The second-order valence-electron chi connectivity index (χ2n) is 4.93. The van der Waals surface area contributed by atoms with Gasteiger partial charge in [0.05, 0.1) is 0 Å². The number of hydrogen-bond donors (Lipinski definition) is 0. The van der Waals surface area contributed by atoms with Gasteiger partial charge < -0.3 is 4.90 Å². The third-order valence-electron chi connectivity index (χ3n) is 3.31. The Morgan fingerprint density at radius 3 is 2.50 bits per heavy atom. The van der Waals surface area contributed by atoms with Crippen molar-refractivity contribution in [3.8, 4) is 0 Å². The highest BCUT2D eigenvalue weighted by molar-refractivity contribution is 6.18. The molecule has 0 heterocycles. The highest BCUT2D eigenvalue weighted by Crippen LogP contribution is 2.18. The molecule has 0 aliphatic carbocycles. The number of nitrogens with zero attached hydrogens (tertiary/aromatic N) is 1. The number of rotatable bonds is 5. The van der Waals surface area contributed by atoms with Crippen LogP contribution in [-0.2, 0) is 6.42 Å². The van der Waals surface area contributed by atoms with Crippen LogP contribution >= 0.6 is 11.6 Å². The van der Waals surface area contributed by atoms with Crippen LogP contribution < -0.4 is 0 Å². The molecule has 0 N–H and O–H groups in total. The molecule has 0 radical (unpaired) electrons. The second-order valence-corrected chi connectivity index (χ2v) is 5.31. The van der Waals surface area contributed by atoms with E-state index in [2.05, 4.69) is 55.3 Å². The summed E-state index contributed by atoms with van der Waals surface area (Å²) in [6, 6.07) is 13.4. The summed E-state index contributed by atoms with van der Waals surface area (Å²) < 4.78 is 0. The quantitative estimate of drug-likeness (QED) is 0.739. The zero-order chi connectivity index (χ0) is 13.0. The number of hydrogen-bond acceptors (Lipinski definition) is 1. The van der Waals surface area contributed by atoms with Gasteiger partial charge in [0.1, 0.15) is 0 Å². The van der Waals surface area contributed by atoms with Crippen LogP contribution in [0.25, 0.3) is 10.8 Å². The SMILES string of the molecule is Cc1ccc2cc(CCN(C)CCCl)ccc2c1. The minimum Gasteiger partial charge on any atom is -0.305 e. The smallest absolute Gasteiger partial charge is 0.0351 e. The van der Waals surface area contributed by atoms with Gasteiger partial charge in [0.2, 0.25) is 0 Å². The third kappa shape index (κ3) is 3.47. The zero-order valence-electron chi connectivity index (χ0n) is 11.1. The van der Waals surface area contributed by atoms with E-state index in [1.807, 2.05) is 0 Å². The molecule has 0 aliphatic heterocycles. The molecule has 0 unspecified atom stereocenters. The molecule has 18 heavy (non-hydrogen) atoms. The average molecular weight is 262 g/mol. The first-order valence-corrected chi connectivity index (χ1v) is 6.96. The first-order chi connectivity index (χ1) is 8.69. The summed E-state index contributed by atoms with van der Waals surface area (Å²) in [6.07, 6.45) is 1.08. The molecule has 0 aromatic heterocycles. The predicted octanol–water partition coefficient (Wildman–Crippen LogP) is 3.86. The van der Waals surface area contributed by atoms with Crippen LogP contribution in [-0.4, -0.2) is 30.9 Å². The van der Waals surface area contributed by atoms with Crippen molar-refractivity contribution in [2.24, 2.45) is 0 Å². The van der Waals surface area contributed by atoms with Crippen molar-refractivity contribution >= 4 is 22.4 Å². The van der Waals surface area contributed by atoms with Crippen molar-refractivity contribution in [3.63, 3.8) is 0 Å². The average Bonchev–Trinajstić information content (AvgIpc) is 2.36. The van der Waals surface area contributed by atoms with E-state index >= 15 is 0 Å². The fourth-order valence-corrected chi connectivity index (χ4v) is 2.43. The molecule has 1 nitrogen and oxygen atoms in total. The molecule has 0 saturated carbocycles. The van der Waals surface area contributed by atoms with Gasteiger partial charge in [-0.05, 0) is 36.7 Å². The summed E-state index contributed by atoms with van der Waals surface area (Å²) >= 11 is 5.73. The number of alkyl halides is 1. The molecule has 2 aromatic rings. The molecule has 0 saturated heterocycles. The lowest BCUT2D eigenvalue weighted by Gasteiger charge is -2.14. The molecule has 0 spiro atoms. The van der Waals surface area contributed by atoms with E-state index in [1.165, 1.54) is 21.9 Å². The van der Waals surface area contributed by atoms with E-state index in [1.54, 1.807) is 0 Å². The first-order valence-electron chi connectivity index (χ1n) is 6.43. The molecule has 2 rings (SSSR count). The van der Waals surface area contributed by atoms with E-state index in [4.69, 9.17) is 11.6 Å². The van der Waals surface area contributed by atoms with Crippen molar-refractivity contribution in [1.29, 1.82) is 0 Å². The topological polar surface area (TPSA) is 3.24 Å². The zero-order valence-corrected chi connectivity index (χ0v) is 11.9. The van der Waals surface area contributed by atoms with Gasteiger partial charge >= 0.3 is 0 Å². The summed E-state index contributed by atoms with van der Waals surface area (Å²) in [5, 5.41) is 2.66. The second kappa shape index (κ2) is 6.21. The van der Waals surface area contributed by atoms with Crippen molar-refractivity contribution < 1.29 is 0 Å². The molecular weight excluding hydrogens is 242 g/mol. The summed E-state index contributed by atoms with van der Waals surface area (Å²) in [7, 11) is 2.12. The fourth-order valence-electron chi connectivity index (χ4n) is 2.15. The first kappa shape index (κ1) is 13.4. The van der Waals surface area contributed by atoms with Crippen LogP contribution in [0.4, 0.5) is 0 Å². The van der Waals surface area contributed by atoms with Crippen molar-refractivity contribution in [3.05, 3.63) is 47.5 Å². The third-order valence-corrected chi connectivity index (χ3v) is 3.48. The Morgan fingerprint density at radius 1 is 1.00 bits per heavy atom. The van der Waals surface area contributed by atoms with Crippen LogP contribution in [0.15, 0.2) is 36.4 Å². The van der Waals surface area contributed by atoms with Crippen molar-refractivity contribution in [2.45, 2.75) is 13.3 Å². The summed E-state index contributed by atoms with van der Waals surface area (Å²) in [5.74, 6) is 0.702. The molecule has 0 fully saturated rings. The number of halogens is 1. The van der Waals surface area contributed by atoms with Gasteiger partial charge in [-0.3, -0.25) is 0 Å². The van der Waals surface area contributed by atoms with E-state index in [9.17, 15) is 0 Å². The lowest BCUT2D eigenvalue weighted by atomic mass is 10.0. The standard InChI is InChI=1S/C16H20ClN/c1-13-3-5-16-12-14(4-6-15(16)11-13)7-9-18(2)10-8-17/h3-6,11-12H,7-10H2,1-2H3. The molecule has 96 valence electrons. The Balaban J connectivity index is 2.08. The Hall–Kier alpha value is -1.05. The molecule has 0 bridgehead atoms. The van der Waals surface area contributed by atoms with E-state index < -0.39 is 0 Å². The minimum atomic E-state index is 0.702. The van der Waals surface area contributed by atoms with Crippen molar-refractivity contribution in [2.75, 3.05) is 26.0 Å². The summed E-state index contributed by atoms with van der Waals surface area (Å²) in [5.41, 5.74) is 2.71. The van der Waals surface area contributed by atoms with E-state index in [-0.39, 0.29) is 0 Å². The molecule has 0 aliphatic rings. The van der Waals surface area contributed by atoms with Crippen LogP contribution in [0, 0.1) is 6.92 Å². The number of likely N-dealkylation sites (N-methyl/N-ethyl adjacent to an activating group) is 1. The van der Waals surface area contributed by atoms with Gasteiger partial charge in [0.25, 0.3) is 0 Å². The van der Waals surface area contributed by atoms with Gasteiger partial charge in [-0.25, -0.2) is 0 Å². The highest BCUT2D eigenvalue weighted by atomic mass is 35.5. The Kier molecular flexibility index (Phi) is 4.62. The van der Waals surface area contributed by atoms with Crippen LogP contribution in [0.3, 0.4) is 0 Å². The molecule has 2 heteroatoms. The van der Waals surface area contributed by atoms with E-state index in [0.29, 0.717) is 5.88 Å². The maximum Gasteiger partial charge on any atom is 0.0351 e. The Bertz CT molecular complexity index is 521. The molecular formula is C16H20ClN. The lowest BCUT2D eigenvalue weighted by molar-refractivity contribution is 0.359. The summed E-state index contributed by atoms with van der Waals surface area (Å²) in [4.78, 5) is 2.27. The largest absolute Gasteiger partial charge is 0.305 e. The number of fused-ring (bicyclic) bond motifs is 1. The van der Waals surface area contributed by atoms with Crippen LogP contribution in [0.2, 0.25) is 0 Å². The summed E-state index contributed by atoms with van der Waals surface area (Å²) in [6.45, 7) is 4.15. The Labute approximate surface area is 114 Å². The van der Waals surface area contributed by atoms with Gasteiger partial charge in [0, 0.05) is 19.0 Å². The van der Waals surface area contributed by atoms with Crippen molar-refractivity contribution in [1.82, 2.24) is 4.90 Å². The predicted molar refractivity (Wildman–Crippen MR) is 80.6 cm³/mol. The number of aryl methyl sites for hydroxylation is 1. The van der Waals surface area contributed by atoms with Crippen LogP contribution in [0.1, 0.15) is 11.1 Å². The molecule has 2 aromatic carbocycles. The van der Waals surface area contributed by atoms with Crippen LogP contribution in [0.5, 0.6) is 0 Å². The number of benzene rings is 2. The maximum absolute atomic E-state index is 5.73. The minimum absolute atomic E-state index is 0.702. The van der Waals surface area contributed by atoms with Gasteiger partial charge in [-0.1, -0.05) is 42.0 Å². The van der Waals surface area contributed by atoms with Gasteiger partial charge in [-0.2, -0.15) is 0 Å². The maximum atomic E-state index is 5.73. The highest BCUT2D eigenvalue weighted by Gasteiger charge is 2.00. The normalized spacial score (nSPS) is 11.3. The van der Waals surface area contributed by atoms with Gasteiger partial charge in [0.15, 0.2) is 0 Å². The molecule has 0 atom stereocenters. The Morgan fingerprint density at radius 2 is 1.72 bits per heavy atom. The van der Waals surface area contributed by atoms with E-state index in [0.717, 1.165) is 19.5 Å². The monoisotopic (exact) mass is 261 g/mol.